The van der Waals surface area contributed by atoms with Crippen molar-refractivity contribution >= 4 is 34.0 Å². The molecule has 4 heavy (non-hydrogen) atoms. The number of hydrogen-bond acceptors (Lipinski definition) is 0. The molecule has 0 rings (SSSR count). The van der Waals surface area contributed by atoms with E-state index >= 15 is 0 Å². The Morgan fingerprint density at radius 3 is 0.750 bits per heavy atom. The van der Waals surface area contributed by atoms with Crippen molar-refractivity contribution in [2.24, 2.45) is 0 Å². The minimum atomic E-state index is 0. The van der Waals surface area contributed by atoms with E-state index in [1.54, 1.807) is 0 Å². The van der Waals surface area contributed by atoms with Gasteiger partial charge in [0.1, 0.15) is 0 Å². The Balaban J connectivity index is 0. The van der Waals surface area contributed by atoms with Crippen LogP contribution < -0.4 is 85.9 Å². The maximum absolute atomic E-state index is 0. The number of halogens is 3. The van der Waals surface area contributed by atoms with Crippen LogP contribution in [0.3, 0.4) is 0 Å². The first-order valence-electron chi connectivity index (χ1n) is 0. The summed E-state index contributed by atoms with van der Waals surface area (Å²) in [5, 5.41) is 0. The van der Waals surface area contributed by atoms with Crippen molar-refractivity contribution in [2.75, 3.05) is 0 Å². The fourth-order valence-electron chi connectivity index (χ4n) is 0. The van der Waals surface area contributed by atoms with E-state index in [2.05, 4.69) is 0 Å². The molecule has 0 aromatic heterocycles. The molecule has 0 atom stereocenters. The van der Waals surface area contributed by atoms with E-state index in [0.717, 1.165) is 0 Å². The Kier molecular flexibility index (Phi) is 104. The molecule has 0 fully saturated rings. The molecule has 0 bridgehead atoms. The molecule has 0 spiro atoms. The van der Waals surface area contributed by atoms with Gasteiger partial charge in [0.15, 0.2) is 0 Å². The van der Waals surface area contributed by atoms with E-state index in [1.807, 2.05) is 0 Å². The van der Waals surface area contributed by atoms with Crippen molar-refractivity contribution in [3.05, 3.63) is 0 Å². The third-order valence-corrected chi connectivity index (χ3v) is 0. The third-order valence-electron chi connectivity index (χ3n) is 0. The number of hydrogen-bond donors (Lipinski definition) is 0. The normalized spacial score (nSPS) is 0. The standard InChI is InChI=1S/3BrH.Cs/h3*1H;/q;;;+1/p-1. The van der Waals surface area contributed by atoms with E-state index in [-0.39, 0.29) is 120 Å². The van der Waals surface area contributed by atoms with E-state index in [9.17, 15) is 0 Å². The molecular formula is H2Br3Cs. The minimum Gasteiger partial charge on any atom is -1.00 e. The van der Waals surface area contributed by atoms with Gasteiger partial charge in [-0.3, -0.25) is 0 Å². The smallest absolute Gasteiger partial charge is 1.00 e. The first-order chi connectivity index (χ1) is 0. The average Bonchev–Trinajstić information content (AvgIpc) is 0. The second kappa shape index (κ2) is 16.1. The summed E-state index contributed by atoms with van der Waals surface area (Å²) in [6.45, 7) is 0. The summed E-state index contributed by atoms with van der Waals surface area (Å²) in [5.41, 5.74) is 0. The Labute approximate surface area is 116 Å². The van der Waals surface area contributed by atoms with Crippen LogP contribution >= 0.6 is 34.0 Å². The van der Waals surface area contributed by atoms with E-state index in [4.69, 9.17) is 0 Å². The molecule has 0 heterocycles. The Hall–Kier alpha value is 3.49. The molecule has 0 aromatic rings. The molecule has 0 saturated carbocycles. The van der Waals surface area contributed by atoms with Gasteiger partial charge in [-0.05, 0) is 0 Å². The van der Waals surface area contributed by atoms with E-state index in [0.29, 0.717) is 0 Å². The van der Waals surface area contributed by atoms with Gasteiger partial charge in [-0.1, -0.05) is 0 Å². The molecule has 0 aliphatic carbocycles. The van der Waals surface area contributed by atoms with Crippen LogP contribution in [-0.4, -0.2) is 0 Å². The molecule has 24 valence electrons. The van der Waals surface area contributed by atoms with Gasteiger partial charge in [-0.25, -0.2) is 0 Å². The summed E-state index contributed by atoms with van der Waals surface area (Å²) >= 11 is 0. The van der Waals surface area contributed by atoms with Gasteiger partial charge in [0.2, 0.25) is 0 Å². The summed E-state index contributed by atoms with van der Waals surface area (Å²) in [6.07, 6.45) is 0. The van der Waals surface area contributed by atoms with Gasteiger partial charge >= 0.3 is 68.9 Å². The topological polar surface area (TPSA) is 0 Å². The van der Waals surface area contributed by atoms with Crippen molar-refractivity contribution in [2.45, 2.75) is 0 Å². The van der Waals surface area contributed by atoms with E-state index in [1.165, 1.54) is 0 Å². The van der Waals surface area contributed by atoms with Crippen molar-refractivity contribution in [1.82, 2.24) is 0 Å². The average molecular weight is 375 g/mol. The molecule has 0 saturated heterocycles. The zero-order valence-corrected chi connectivity index (χ0v) is 13.5. The van der Waals surface area contributed by atoms with Crippen molar-refractivity contribution in [3.63, 3.8) is 0 Å². The van der Waals surface area contributed by atoms with Crippen LogP contribution in [0.25, 0.3) is 0 Å². The summed E-state index contributed by atoms with van der Waals surface area (Å²) in [4.78, 5) is 0. The quantitative estimate of drug-likeness (QED) is 0.399. The van der Waals surface area contributed by atoms with Crippen LogP contribution in [0.2, 0.25) is 0 Å². The summed E-state index contributed by atoms with van der Waals surface area (Å²) in [6, 6.07) is 0. The maximum atomic E-state index is 0. The molecule has 4 heteroatoms. The molecule has 0 aliphatic rings. The molecule has 0 radical (unpaired) electrons. The van der Waals surface area contributed by atoms with E-state index < -0.39 is 0 Å². The van der Waals surface area contributed by atoms with Gasteiger partial charge in [0.05, 0.1) is 0 Å². The summed E-state index contributed by atoms with van der Waals surface area (Å²) in [5.74, 6) is 0. The third kappa shape index (κ3) is 9.09. The first kappa shape index (κ1) is 25.9. The zero-order valence-electron chi connectivity index (χ0n) is 2.19. The van der Waals surface area contributed by atoms with Gasteiger partial charge in [0.25, 0.3) is 0 Å². The predicted octanol–water partition coefficient (Wildman–Crippen LogP) is -4.84. The SMILES string of the molecule is Br.Br.[Br-].[Cs+]. The van der Waals surface area contributed by atoms with Gasteiger partial charge in [-0.2, -0.15) is 0 Å². The fraction of sp³-hybridized carbons (Fsp3) is 0. The Morgan fingerprint density at radius 2 is 0.750 bits per heavy atom. The molecule has 0 amide bonds. The van der Waals surface area contributed by atoms with Crippen molar-refractivity contribution < 1.29 is 85.9 Å². The Bertz CT molecular complexity index is 3.25. The van der Waals surface area contributed by atoms with Crippen LogP contribution in [0.15, 0.2) is 0 Å². The summed E-state index contributed by atoms with van der Waals surface area (Å²) in [7, 11) is 0. The van der Waals surface area contributed by atoms with Crippen LogP contribution in [0.4, 0.5) is 0 Å². The number of rotatable bonds is 0. The fourth-order valence-corrected chi connectivity index (χ4v) is 0. The van der Waals surface area contributed by atoms with Gasteiger partial charge in [-0.15, -0.1) is 34.0 Å². The minimum absolute atomic E-state index is 0. The van der Waals surface area contributed by atoms with Crippen molar-refractivity contribution in [1.29, 1.82) is 0 Å². The largest absolute Gasteiger partial charge is 1.00 e. The molecule has 0 N–H and O–H groups in total. The monoisotopic (exact) mass is 372 g/mol. The molecule has 0 unspecified atom stereocenters. The van der Waals surface area contributed by atoms with Crippen LogP contribution in [0, 0.1) is 0 Å². The summed E-state index contributed by atoms with van der Waals surface area (Å²) < 4.78 is 0. The maximum Gasteiger partial charge on any atom is 1.00 e. The Morgan fingerprint density at radius 1 is 0.750 bits per heavy atom. The second-order valence-corrected chi connectivity index (χ2v) is 0. The van der Waals surface area contributed by atoms with Gasteiger partial charge in [0, 0.05) is 0 Å². The zero-order chi connectivity index (χ0) is 0. The predicted molar refractivity (Wildman–Crippen MR) is 20.6 cm³/mol. The molecule has 0 aromatic carbocycles. The van der Waals surface area contributed by atoms with Gasteiger partial charge < -0.3 is 17.0 Å². The second-order valence-electron chi connectivity index (χ2n) is 0. The van der Waals surface area contributed by atoms with Crippen LogP contribution in [-0.2, 0) is 0 Å². The molecule has 0 aliphatic heterocycles. The molecular weight excluding hydrogens is 373 g/mol. The molecule has 0 nitrogen and oxygen atoms in total. The first-order valence-corrected chi connectivity index (χ1v) is 0. The van der Waals surface area contributed by atoms with Crippen molar-refractivity contribution in [3.8, 4) is 0 Å². The van der Waals surface area contributed by atoms with Crippen LogP contribution in [0.5, 0.6) is 0 Å². The van der Waals surface area contributed by atoms with Crippen LogP contribution in [0.1, 0.15) is 0 Å².